The fourth-order valence-corrected chi connectivity index (χ4v) is 2.77. The SMILES string of the molecule is CCNC(=NCc1ccccc1C)N1CCC(COC)C1.I. The number of ether oxygens (including phenoxy) is 1. The lowest BCUT2D eigenvalue weighted by Gasteiger charge is -2.21. The van der Waals surface area contributed by atoms with Crippen LogP contribution in [0.2, 0.25) is 0 Å². The minimum absolute atomic E-state index is 0. The molecule has 1 fully saturated rings. The minimum Gasteiger partial charge on any atom is -0.384 e. The Morgan fingerprint density at radius 2 is 2.18 bits per heavy atom. The molecule has 4 nitrogen and oxygen atoms in total. The van der Waals surface area contributed by atoms with E-state index in [-0.39, 0.29) is 24.0 Å². The normalized spacial score (nSPS) is 18.2. The van der Waals surface area contributed by atoms with E-state index in [9.17, 15) is 0 Å². The fraction of sp³-hybridized carbons (Fsp3) is 0.588. The molecule has 1 saturated heterocycles. The van der Waals surface area contributed by atoms with Crippen LogP contribution in [-0.4, -0.2) is 44.2 Å². The molecule has 5 heteroatoms. The van der Waals surface area contributed by atoms with Crippen LogP contribution in [0.1, 0.15) is 24.5 Å². The largest absolute Gasteiger partial charge is 0.384 e. The molecule has 1 aliphatic heterocycles. The molecular formula is C17H28IN3O. The summed E-state index contributed by atoms with van der Waals surface area (Å²) >= 11 is 0. The van der Waals surface area contributed by atoms with Crippen LogP contribution in [0.4, 0.5) is 0 Å². The Morgan fingerprint density at radius 3 is 2.86 bits per heavy atom. The summed E-state index contributed by atoms with van der Waals surface area (Å²) in [6, 6.07) is 8.45. The van der Waals surface area contributed by atoms with Gasteiger partial charge in [0.15, 0.2) is 5.96 Å². The lowest BCUT2D eigenvalue weighted by molar-refractivity contribution is 0.157. The number of hydrogen-bond donors (Lipinski definition) is 1. The molecular weight excluding hydrogens is 389 g/mol. The summed E-state index contributed by atoms with van der Waals surface area (Å²) < 4.78 is 5.27. The standard InChI is InChI=1S/C17H27N3O.HI/c1-4-18-17(20-10-9-15(12-20)13-21-3)19-11-16-8-6-5-7-14(16)2;/h5-8,15H,4,9-13H2,1-3H3,(H,18,19);1H. The summed E-state index contributed by atoms with van der Waals surface area (Å²) in [5.41, 5.74) is 2.59. The number of aliphatic imine (C=N–C) groups is 1. The number of nitrogens with zero attached hydrogens (tertiary/aromatic N) is 2. The van der Waals surface area contributed by atoms with Gasteiger partial charge in [-0.25, -0.2) is 4.99 Å². The molecule has 0 amide bonds. The molecule has 1 heterocycles. The smallest absolute Gasteiger partial charge is 0.194 e. The highest BCUT2D eigenvalue weighted by molar-refractivity contribution is 14.0. The summed E-state index contributed by atoms with van der Waals surface area (Å²) in [5, 5.41) is 3.41. The summed E-state index contributed by atoms with van der Waals surface area (Å²) in [6.45, 7) is 8.83. The first-order chi connectivity index (χ1) is 10.2. The second kappa shape index (κ2) is 10.0. The van der Waals surface area contributed by atoms with Crippen molar-refractivity contribution in [1.82, 2.24) is 10.2 Å². The maximum absolute atomic E-state index is 5.27. The van der Waals surface area contributed by atoms with Crippen molar-refractivity contribution in [2.75, 3.05) is 33.4 Å². The van der Waals surface area contributed by atoms with Crippen LogP contribution in [0.3, 0.4) is 0 Å². The van der Waals surface area contributed by atoms with E-state index >= 15 is 0 Å². The minimum atomic E-state index is 0. The highest BCUT2D eigenvalue weighted by Crippen LogP contribution is 2.17. The second-order valence-electron chi connectivity index (χ2n) is 5.65. The molecule has 0 radical (unpaired) electrons. The Bertz CT molecular complexity index is 479. The van der Waals surface area contributed by atoms with Gasteiger partial charge in [0.25, 0.3) is 0 Å². The first-order valence-corrected chi connectivity index (χ1v) is 7.81. The summed E-state index contributed by atoms with van der Waals surface area (Å²) in [6.07, 6.45) is 1.18. The van der Waals surface area contributed by atoms with Crippen molar-refractivity contribution in [3.63, 3.8) is 0 Å². The number of hydrogen-bond acceptors (Lipinski definition) is 2. The van der Waals surface area contributed by atoms with Gasteiger partial charge >= 0.3 is 0 Å². The Balaban J connectivity index is 0.00000242. The lowest BCUT2D eigenvalue weighted by Crippen LogP contribution is -2.40. The van der Waals surface area contributed by atoms with Crippen molar-refractivity contribution < 1.29 is 4.74 Å². The van der Waals surface area contributed by atoms with Crippen LogP contribution in [0.5, 0.6) is 0 Å². The van der Waals surface area contributed by atoms with E-state index in [2.05, 4.69) is 48.3 Å². The Morgan fingerprint density at radius 1 is 1.41 bits per heavy atom. The average Bonchev–Trinajstić information content (AvgIpc) is 2.94. The molecule has 1 atom stereocenters. The van der Waals surface area contributed by atoms with Crippen LogP contribution >= 0.6 is 24.0 Å². The maximum Gasteiger partial charge on any atom is 0.194 e. The van der Waals surface area contributed by atoms with E-state index in [4.69, 9.17) is 9.73 Å². The van der Waals surface area contributed by atoms with Crippen molar-refractivity contribution in [3.05, 3.63) is 35.4 Å². The third-order valence-corrected chi connectivity index (χ3v) is 3.98. The monoisotopic (exact) mass is 417 g/mol. The average molecular weight is 417 g/mol. The van der Waals surface area contributed by atoms with Crippen LogP contribution < -0.4 is 5.32 Å². The van der Waals surface area contributed by atoms with E-state index in [1.807, 2.05) is 0 Å². The quantitative estimate of drug-likeness (QED) is 0.455. The van der Waals surface area contributed by atoms with Crippen LogP contribution in [0, 0.1) is 12.8 Å². The van der Waals surface area contributed by atoms with Gasteiger partial charge in [0.2, 0.25) is 0 Å². The van der Waals surface area contributed by atoms with E-state index in [1.165, 1.54) is 17.5 Å². The van der Waals surface area contributed by atoms with Gasteiger partial charge in [0.1, 0.15) is 0 Å². The second-order valence-corrected chi connectivity index (χ2v) is 5.65. The molecule has 1 aromatic rings. The van der Waals surface area contributed by atoms with Gasteiger partial charge in [0.05, 0.1) is 13.2 Å². The van der Waals surface area contributed by atoms with Crippen molar-refractivity contribution in [2.24, 2.45) is 10.9 Å². The van der Waals surface area contributed by atoms with Crippen molar-refractivity contribution in [1.29, 1.82) is 0 Å². The number of nitrogens with one attached hydrogen (secondary N) is 1. The molecule has 22 heavy (non-hydrogen) atoms. The van der Waals surface area contributed by atoms with Gasteiger partial charge in [-0.05, 0) is 31.4 Å². The molecule has 0 saturated carbocycles. The summed E-state index contributed by atoms with van der Waals surface area (Å²) in [5.74, 6) is 1.65. The van der Waals surface area contributed by atoms with Gasteiger partial charge in [-0.1, -0.05) is 24.3 Å². The van der Waals surface area contributed by atoms with Crippen molar-refractivity contribution in [3.8, 4) is 0 Å². The topological polar surface area (TPSA) is 36.9 Å². The zero-order valence-electron chi connectivity index (χ0n) is 13.8. The number of likely N-dealkylation sites (tertiary alicyclic amines) is 1. The molecule has 0 aromatic heterocycles. The Labute approximate surface area is 151 Å². The van der Waals surface area contributed by atoms with Crippen molar-refractivity contribution in [2.45, 2.75) is 26.8 Å². The number of rotatable bonds is 5. The first kappa shape index (κ1) is 19.2. The van der Waals surface area contributed by atoms with Gasteiger partial charge in [0, 0.05) is 32.7 Å². The number of guanidine groups is 1. The lowest BCUT2D eigenvalue weighted by atomic mass is 10.1. The number of methoxy groups -OCH3 is 1. The molecule has 124 valence electrons. The van der Waals surface area contributed by atoms with Crippen LogP contribution in [0.15, 0.2) is 29.3 Å². The highest BCUT2D eigenvalue weighted by atomic mass is 127. The molecule has 0 aliphatic carbocycles. The summed E-state index contributed by atoms with van der Waals surface area (Å²) in [7, 11) is 1.78. The molecule has 1 unspecified atom stereocenters. The van der Waals surface area contributed by atoms with E-state index in [0.29, 0.717) is 5.92 Å². The molecule has 1 aromatic carbocycles. The third-order valence-electron chi connectivity index (χ3n) is 3.98. The Hall–Kier alpha value is -0.820. The zero-order valence-corrected chi connectivity index (χ0v) is 16.2. The van der Waals surface area contributed by atoms with E-state index in [0.717, 1.165) is 38.7 Å². The molecule has 0 spiro atoms. The van der Waals surface area contributed by atoms with Crippen molar-refractivity contribution >= 4 is 29.9 Å². The van der Waals surface area contributed by atoms with Gasteiger partial charge < -0.3 is 15.0 Å². The van der Waals surface area contributed by atoms with Crippen LogP contribution in [0.25, 0.3) is 0 Å². The van der Waals surface area contributed by atoms with E-state index in [1.54, 1.807) is 7.11 Å². The van der Waals surface area contributed by atoms with Gasteiger partial charge in [-0.2, -0.15) is 0 Å². The molecule has 1 N–H and O–H groups in total. The molecule has 1 aliphatic rings. The van der Waals surface area contributed by atoms with Gasteiger partial charge in [-0.3, -0.25) is 0 Å². The molecule has 2 rings (SSSR count). The number of halogens is 1. The van der Waals surface area contributed by atoms with Gasteiger partial charge in [-0.15, -0.1) is 24.0 Å². The zero-order chi connectivity index (χ0) is 15.1. The first-order valence-electron chi connectivity index (χ1n) is 7.81. The predicted octanol–water partition coefficient (Wildman–Crippen LogP) is 3.05. The maximum atomic E-state index is 5.27. The summed E-state index contributed by atoms with van der Waals surface area (Å²) in [4.78, 5) is 7.16. The third kappa shape index (κ3) is 5.43. The predicted molar refractivity (Wildman–Crippen MR) is 103 cm³/mol. The Kier molecular flexibility index (Phi) is 8.78. The number of benzene rings is 1. The fourth-order valence-electron chi connectivity index (χ4n) is 2.77. The highest BCUT2D eigenvalue weighted by Gasteiger charge is 2.24. The van der Waals surface area contributed by atoms with E-state index < -0.39 is 0 Å². The molecule has 0 bridgehead atoms. The van der Waals surface area contributed by atoms with Crippen LogP contribution in [-0.2, 0) is 11.3 Å². The number of aryl methyl sites for hydroxylation is 1.